The van der Waals surface area contributed by atoms with Gasteiger partial charge in [0.05, 0.1) is 29.2 Å². The Hall–Kier alpha value is -2.93. The quantitative estimate of drug-likeness (QED) is 0.669. The third-order valence-electron chi connectivity index (χ3n) is 5.00. The molecular weight excluding hydrogens is 386 g/mol. The van der Waals surface area contributed by atoms with Gasteiger partial charge in [0.2, 0.25) is 11.8 Å². The molecule has 2 aromatic carbocycles. The number of likely N-dealkylation sites (tertiary alicyclic amines) is 1. The molecule has 2 heterocycles. The van der Waals surface area contributed by atoms with Gasteiger partial charge < -0.3 is 15.0 Å². The van der Waals surface area contributed by atoms with Crippen LogP contribution < -0.4 is 10.1 Å². The first-order valence-electron chi connectivity index (χ1n) is 9.81. The van der Waals surface area contributed by atoms with Crippen molar-refractivity contribution in [2.45, 2.75) is 19.3 Å². The van der Waals surface area contributed by atoms with E-state index in [1.807, 2.05) is 54.6 Å². The zero-order valence-corrected chi connectivity index (χ0v) is 16.9. The fourth-order valence-electron chi connectivity index (χ4n) is 3.48. The highest BCUT2D eigenvalue weighted by atomic mass is 32.1. The molecule has 150 valence electrons. The minimum absolute atomic E-state index is 0.0263. The van der Waals surface area contributed by atoms with Gasteiger partial charge in [-0.2, -0.15) is 0 Å². The number of fused-ring (bicyclic) bond motifs is 1. The first-order valence-corrected chi connectivity index (χ1v) is 10.6. The van der Waals surface area contributed by atoms with Crippen molar-refractivity contribution in [3.8, 4) is 5.75 Å². The molecule has 7 heteroatoms. The molecule has 1 aliphatic rings. The fraction of sp³-hybridized carbons (Fsp3) is 0.318. The number of hydrogen-bond acceptors (Lipinski definition) is 5. The van der Waals surface area contributed by atoms with Crippen molar-refractivity contribution in [3.05, 3.63) is 54.6 Å². The van der Waals surface area contributed by atoms with Crippen LogP contribution in [0.5, 0.6) is 5.75 Å². The van der Waals surface area contributed by atoms with Crippen LogP contribution in [0.2, 0.25) is 0 Å². The van der Waals surface area contributed by atoms with Gasteiger partial charge in [-0.05, 0) is 37.1 Å². The first-order chi connectivity index (χ1) is 14.2. The Labute approximate surface area is 173 Å². The van der Waals surface area contributed by atoms with Crippen molar-refractivity contribution in [3.63, 3.8) is 0 Å². The lowest BCUT2D eigenvalue weighted by Gasteiger charge is -2.32. The van der Waals surface area contributed by atoms with Crippen LogP contribution in [0.15, 0.2) is 54.6 Å². The number of aromatic nitrogens is 1. The van der Waals surface area contributed by atoms with Crippen molar-refractivity contribution in [2.24, 2.45) is 5.92 Å². The zero-order valence-electron chi connectivity index (χ0n) is 16.0. The van der Waals surface area contributed by atoms with Gasteiger partial charge in [-0.3, -0.25) is 9.59 Å². The van der Waals surface area contributed by atoms with Crippen LogP contribution in [0.4, 0.5) is 5.13 Å². The highest BCUT2D eigenvalue weighted by molar-refractivity contribution is 7.22. The highest BCUT2D eigenvalue weighted by Gasteiger charge is 2.28. The monoisotopic (exact) mass is 409 g/mol. The lowest BCUT2D eigenvalue weighted by atomic mass is 9.97. The Kier molecular flexibility index (Phi) is 6.05. The number of nitrogens with zero attached hydrogens (tertiary/aromatic N) is 2. The Balaban J connectivity index is 1.29. The molecule has 1 fully saturated rings. The molecular formula is C22H23N3O3S. The number of nitrogens with one attached hydrogen (secondary N) is 1. The summed E-state index contributed by atoms with van der Waals surface area (Å²) in [6.07, 6.45) is 1.91. The Bertz CT molecular complexity index is 956. The number of piperidine rings is 1. The molecule has 1 aliphatic heterocycles. The summed E-state index contributed by atoms with van der Waals surface area (Å²) in [4.78, 5) is 31.5. The van der Waals surface area contributed by atoms with Gasteiger partial charge >= 0.3 is 0 Å². The summed E-state index contributed by atoms with van der Waals surface area (Å²) < 4.78 is 6.66. The summed E-state index contributed by atoms with van der Waals surface area (Å²) in [5, 5.41) is 3.54. The summed E-state index contributed by atoms with van der Waals surface area (Å²) in [5.74, 6) is 0.502. The molecule has 2 amide bonds. The van der Waals surface area contributed by atoms with Gasteiger partial charge in [0.15, 0.2) is 5.13 Å². The van der Waals surface area contributed by atoms with E-state index in [2.05, 4.69) is 10.3 Å². The fourth-order valence-corrected chi connectivity index (χ4v) is 4.35. The smallest absolute Gasteiger partial charge is 0.231 e. The first kappa shape index (κ1) is 19.4. The van der Waals surface area contributed by atoms with Crippen molar-refractivity contribution in [1.82, 2.24) is 9.88 Å². The topological polar surface area (TPSA) is 71.5 Å². The van der Waals surface area contributed by atoms with Crippen LogP contribution in [0, 0.1) is 5.92 Å². The molecule has 1 saturated heterocycles. The maximum absolute atomic E-state index is 12.7. The minimum Gasteiger partial charge on any atom is -0.493 e. The lowest BCUT2D eigenvalue weighted by molar-refractivity contribution is -0.135. The molecule has 1 N–H and O–H groups in total. The van der Waals surface area contributed by atoms with E-state index < -0.39 is 0 Å². The number of amides is 2. The number of ether oxygens (including phenoxy) is 1. The largest absolute Gasteiger partial charge is 0.493 e. The van der Waals surface area contributed by atoms with Crippen LogP contribution in [-0.4, -0.2) is 41.4 Å². The molecule has 0 bridgehead atoms. The molecule has 1 unspecified atom stereocenters. The van der Waals surface area contributed by atoms with E-state index >= 15 is 0 Å². The van der Waals surface area contributed by atoms with E-state index in [-0.39, 0.29) is 17.7 Å². The van der Waals surface area contributed by atoms with Gasteiger partial charge in [0.1, 0.15) is 5.75 Å². The van der Waals surface area contributed by atoms with Crippen LogP contribution in [0.3, 0.4) is 0 Å². The van der Waals surface area contributed by atoms with Gasteiger partial charge in [-0.1, -0.05) is 41.7 Å². The molecule has 0 spiro atoms. The maximum atomic E-state index is 12.7. The number of hydrogen-bond donors (Lipinski definition) is 1. The second-order valence-electron chi connectivity index (χ2n) is 7.07. The molecule has 0 aliphatic carbocycles. The number of thiazole rings is 1. The number of carbonyl (C=O) groups is 2. The molecule has 4 rings (SSSR count). The Morgan fingerprint density at radius 3 is 2.76 bits per heavy atom. The predicted molar refractivity (Wildman–Crippen MR) is 114 cm³/mol. The summed E-state index contributed by atoms with van der Waals surface area (Å²) in [6.45, 7) is 1.47. The standard InChI is InChI=1S/C22H23N3O3S/c26-20(12-14-28-17-8-2-1-3-9-17)25-13-6-7-16(15-25)21(27)24-22-23-18-10-4-5-11-19(18)29-22/h1-5,8-11,16H,6-7,12-15H2,(H,23,24,27). The number of carbonyl (C=O) groups excluding carboxylic acids is 2. The molecule has 3 aromatic rings. The molecule has 29 heavy (non-hydrogen) atoms. The third-order valence-corrected chi connectivity index (χ3v) is 5.95. The van der Waals surface area contributed by atoms with E-state index in [1.54, 1.807) is 4.90 Å². The van der Waals surface area contributed by atoms with Crippen LogP contribution in [-0.2, 0) is 9.59 Å². The molecule has 6 nitrogen and oxygen atoms in total. The SMILES string of the molecule is O=C(Nc1nc2ccccc2s1)C1CCCN(C(=O)CCOc2ccccc2)C1. The van der Waals surface area contributed by atoms with Crippen LogP contribution in [0.1, 0.15) is 19.3 Å². The van der Waals surface area contributed by atoms with Crippen molar-refractivity contribution in [1.29, 1.82) is 0 Å². The van der Waals surface area contributed by atoms with Crippen LogP contribution in [0.25, 0.3) is 10.2 Å². The van der Waals surface area contributed by atoms with Gasteiger partial charge in [-0.15, -0.1) is 0 Å². The van der Waals surface area contributed by atoms with Gasteiger partial charge in [0, 0.05) is 13.1 Å². The number of benzene rings is 2. The molecule has 1 atom stereocenters. The predicted octanol–water partition coefficient (Wildman–Crippen LogP) is 3.94. The van der Waals surface area contributed by atoms with Crippen LogP contribution >= 0.6 is 11.3 Å². The summed E-state index contributed by atoms with van der Waals surface area (Å²) >= 11 is 1.47. The van der Waals surface area contributed by atoms with E-state index in [4.69, 9.17) is 4.74 Å². The third kappa shape index (κ3) is 4.92. The maximum Gasteiger partial charge on any atom is 0.231 e. The van der Waals surface area contributed by atoms with Crippen molar-refractivity contribution < 1.29 is 14.3 Å². The van der Waals surface area contributed by atoms with Gasteiger partial charge in [0.25, 0.3) is 0 Å². The van der Waals surface area contributed by atoms with E-state index in [1.165, 1.54) is 11.3 Å². The second-order valence-corrected chi connectivity index (χ2v) is 8.10. The number of rotatable bonds is 6. The summed E-state index contributed by atoms with van der Waals surface area (Å²) in [6, 6.07) is 17.3. The summed E-state index contributed by atoms with van der Waals surface area (Å²) in [5.41, 5.74) is 0.881. The Morgan fingerprint density at radius 2 is 1.93 bits per heavy atom. The molecule has 1 aromatic heterocycles. The summed E-state index contributed by atoms with van der Waals surface area (Å²) in [7, 11) is 0. The van der Waals surface area contributed by atoms with Gasteiger partial charge in [-0.25, -0.2) is 4.98 Å². The Morgan fingerprint density at radius 1 is 1.14 bits per heavy atom. The second kappa shape index (κ2) is 9.05. The minimum atomic E-state index is -0.213. The van der Waals surface area contributed by atoms with E-state index in [0.29, 0.717) is 31.2 Å². The normalized spacial score (nSPS) is 16.6. The van der Waals surface area contributed by atoms with Crippen molar-refractivity contribution in [2.75, 3.05) is 25.0 Å². The zero-order chi connectivity index (χ0) is 20.1. The average molecular weight is 410 g/mol. The van der Waals surface area contributed by atoms with E-state index in [0.717, 1.165) is 28.8 Å². The molecule has 0 saturated carbocycles. The molecule has 0 radical (unpaired) electrons. The van der Waals surface area contributed by atoms with E-state index in [9.17, 15) is 9.59 Å². The number of anilines is 1. The highest BCUT2D eigenvalue weighted by Crippen LogP contribution is 2.27. The average Bonchev–Trinajstić information content (AvgIpc) is 3.17. The number of para-hydroxylation sites is 2. The lowest BCUT2D eigenvalue weighted by Crippen LogP contribution is -2.44. The van der Waals surface area contributed by atoms with Crippen molar-refractivity contribution >= 4 is 38.5 Å².